The fraction of sp³-hybridized carbons (Fsp3) is 1.00. The molecule has 0 amide bonds. The first kappa shape index (κ1) is 10.9. The van der Waals surface area contributed by atoms with Gasteiger partial charge in [0, 0.05) is 13.1 Å². The molecule has 1 atom stereocenters. The van der Waals surface area contributed by atoms with Gasteiger partial charge in [-0.3, -0.25) is 0 Å². The Kier molecular flexibility index (Phi) is 6.57. The van der Waals surface area contributed by atoms with Crippen molar-refractivity contribution in [3.8, 4) is 0 Å². The average molecular weight is 159 g/mol. The molecule has 1 aliphatic heterocycles. The van der Waals surface area contributed by atoms with Gasteiger partial charge in [-0.2, -0.15) is 0 Å². The predicted octanol–water partition coefficient (Wildman–Crippen LogP) is 1.66. The zero-order chi connectivity index (χ0) is 8.69. The van der Waals surface area contributed by atoms with Crippen molar-refractivity contribution in [3.63, 3.8) is 0 Å². The Labute approximate surface area is 70.3 Å². The van der Waals surface area contributed by atoms with Crippen LogP contribution in [0, 0.1) is 5.92 Å². The van der Waals surface area contributed by atoms with Crippen molar-refractivity contribution in [1.29, 1.82) is 0 Å². The van der Waals surface area contributed by atoms with Crippen molar-refractivity contribution in [2.75, 3.05) is 19.7 Å². The molecule has 1 N–H and O–H groups in total. The number of nitrogens with one attached hydrogen (secondary N) is 1. The Balaban J connectivity index is 0.000000461. The summed E-state index contributed by atoms with van der Waals surface area (Å²) in [6, 6.07) is 0. The first-order valence-corrected chi connectivity index (χ1v) is 4.63. The van der Waals surface area contributed by atoms with Crippen LogP contribution in [0.5, 0.6) is 0 Å². The van der Waals surface area contributed by atoms with Gasteiger partial charge < -0.3 is 10.1 Å². The topological polar surface area (TPSA) is 21.3 Å². The first-order chi connectivity index (χ1) is 5.30. The van der Waals surface area contributed by atoms with E-state index in [1.54, 1.807) is 0 Å². The molecule has 1 saturated heterocycles. The van der Waals surface area contributed by atoms with Crippen LogP contribution < -0.4 is 5.32 Å². The summed E-state index contributed by atoms with van der Waals surface area (Å²) in [7, 11) is 0. The monoisotopic (exact) mass is 159 g/mol. The van der Waals surface area contributed by atoms with Crippen molar-refractivity contribution in [2.45, 2.75) is 33.8 Å². The lowest BCUT2D eigenvalue weighted by atomic mass is 10.1. The van der Waals surface area contributed by atoms with Gasteiger partial charge in [-0.05, 0) is 5.92 Å². The highest BCUT2D eigenvalue weighted by Gasteiger charge is 2.15. The fourth-order valence-corrected chi connectivity index (χ4v) is 1.01. The molecule has 1 fully saturated rings. The number of hydrogen-bond acceptors (Lipinski definition) is 2. The van der Waals surface area contributed by atoms with E-state index < -0.39 is 0 Å². The van der Waals surface area contributed by atoms with Gasteiger partial charge in [0.2, 0.25) is 0 Å². The molecule has 1 aliphatic rings. The summed E-state index contributed by atoms with van der Waals surface area (Å²) < 4.78 is 5.48. The largest absolute Gasteiger partial charge is 0.375 e. The van der Waals surface area contributed by atoms with Gasteiger partial charge in [-0.25, -0.2) is 0 Å². The van der Waals surface area contributed by atoms with Crippen LogP contribution in [-0.2, 0) is 4.74 Å². The molecule has 1 rings (SSSR count). The van der Waals surface area contributed by atoms with E-state index in [0.29, 0.717) is 12.0 Å². The van der Waals surface area contributed by atoms with E-state index in [2.05, 4.69) is 19.2 Å². The fourth-order valence-electron chi connectivity index (χ4n) is 1.01. The summed E-state index contributed by atoms with van der Waals surface area (Å²) in [5, 5.41) is 3.29. The Morgan fingerprint density at radius 1 is 1.36 bits per heavy atom. The molecular weight excluding hydrogens is 138 g/mol. The molecule has 0 aromatic heterocycles. The van der Waals surface area contributed by atoms with Crippen molar-refractivity contribution in [1.82, 2.24) is 5.32 Å². The third kappa shape index (κ3) is 4.38. The molecule has 1 unspecified atom stereocenters. The highest BCUT2D eigenvalue weighted by Crippen LogP contribution is 2.06. The van der Waals surface area contributed by atoms with E-state index in [-0.39, 0.29) is 0 Å². The van der Waals surface area contributed by atoms with E-state index in [9.17, 15) is 0 Å². The molecule has 0 aromatic rings. The summed E-state index contributed by atoms with van der Waals surface area (Å²) in [4.78, 5) is 0. The van der Waals surface area contributed by atoms with Crippen LogP contribution in [0.4, 0.5) is 0 Å². The van der Waals surface area contributed by atoms with Crippen LogP contribution in [0.25, 0.3) is 0 Å². The lowest BCUT2D eigenvalue weighted by Crippen LogP contribution is -2.41. The highest BCUT2D eigenvalue weighted by atomic mass is 16.5. The molecule has 2 heteroatoms. The van der Waals surface area contributed by atoms with Gasteiger partial charge in [0.1, 0.15) is 0 Å². The molecule has 0 aliphatic carbocycles. The zero-order valence-electron chi connectivity index (χ0n) is 8.18. The SMILES string of the molecule is CC.CC(C)C1CNCCO1. The minimum atomic E-state index is 0.443. The highest BCUT2D eigenvalue weighted by molar-refractivity contribution is 4.69. The molecule has 0 spiro atoms. The van der Waals surface area contributed by atoms with Crippen molar-refractivity contribution >= 4 is 0 Å². The van der Waals surface area contributed by atoms with Gasteiger partial charge in [0.25, 0.3) is 0 Å². The van der Waals surface area contributed by atoms with Crippen molar-refractivity contribution < 1.29 is 4.74 Å². The normalized spacial score (nSPS) is 24.3. The zero-order valence-corrected chi connectivity index (χ0v) is 8.18. The second-order valence-electron chi connectivity index (χ2n) is 2.86. The third-order valence-corrected chi connectivity index (χ3v) is 1.70. The predicted molar refractivity (Wildman–Crippen MR) is 48.8 cm³/mol. The van der Waals surface area contributed by atoms with Gasteiger partial charge in [-0.1, -0.05) is 27.7 Å². The molecule has 0 aromatic carbocycles. The van der Waals surface area contributed by atoms with Crippen LogP contribution in [-0.4, -0.2) is 25.8 Å². The molecule has 68 valence electrons. The van der Waals surface area contributed by atoms with Gasteiger partial charge in [0.05, 0.1) is 12.7 Å². The summed E-state index contributed by atoms with van der Waals surface area (Å²) in [6.07, 6.45) is 0.443. The molecule has 2 nitrogen and oxygen atoms in total. The van der Waals surface area contributed by atoms with Crippen LogP contribution in [0.3, 0.4) is 0 Å². The Morgan fingerprint density at radius 2 is 2.00 bits per heavy atom. The smallest absolute Gasteiger partial charge is 0.0722 e. The molecule has 0 radical (unpaired) electrons. The summed E-state index contributed by atoms with van der Waals surface area (Å²) in [6.45, 7) is 11.3. The van der Waals surface area contributed by atoms with E-state index >= 15 is 0 Å². The minimum absolute atomic E-state index is 0.443. The van der Waals surface area contributed by atoms with Crippen LogP contribution in [0.1, 0.15) is 27.7 Å². The molecule has 0 saturated carbocycles. The van der Waals surface area contributed by atoms with E-state index in [0.717, 1.165) is 19.7 Å². The maximum Gasteiger partial charge on any atom is 0.0722 e. The Hall–Kier alpha value is -0.0800. The maximum absolute atomic E-state index is 5.48. The molecule has 0 bridgehead atoms. The minimum Gasteiger partial charge on any atom is -0.375 e. The second kappa shape index (κ2) is 6.62. The van der Waals surface area contributed by atoms with E-state index in [4.69, 9.17) is 4.74 Å². The number of ether oxygens (including phenoxy) is 1. The Bertz CT molecular complexity index is 77.6. The van der Waals surface area contributed by atoms with Gasteiger partial charge in [0.15, 0.2) is 0 Å². The van der Waals surface area contributed by atoms with Gasteiger partial charge in [-0.15, -0.1) is 0 Å². The first-order valence-electron chi connectivity index (χ1n) is 4.63. The Morgan fingerprint density at radius 3 is 2.27 bits per heavy atom. The molecule has 11 heavy (non-hydrogen) atoms. The van der Waals surface area contributed by atoms with Crippen molar-refractivity contribution in [2.24, 2.45) is 5.92 Å². The summed E-state index contributed by atoms with van der Waals surface area (Å²) in [5.74, 6) is 0.651. The molecule has 1 heterocycles. The third-order valence-electron chi connectivity index (χ3n) is 1.70. The number of rotatable bonds is 1. The van der Waals surface area contributed by atoms with Crippen LogP contribution in [0.2, 0.25) is 0 Å². The lowest BCUT2D eigenvalue weighted by molar-refractivity contribution is 0.000508. The second-order valence-corrected chi connectivity index (χ2v) is 2.86. The van der Waals surface area contributed by atoms with E-state index in [1.807, 2.05) is 13.8 Å². The standard InChI is InChI=1S/C7H15NO.C2H6/c1-6(2)7-5-8-3-4-9-7;1-2/h6-8H,3-5H2,1-2H3;1-2H3. The average Bonchev–Trinajstić information content (AvgIpc) is 2.10. The van der Waals surface area contributed by atoms with Gasteiger partial charge >= 0.3 is 0 Å². The number of hydrogen-bond donors (Lipinski definition) is 1. The quantitative estimate of drug-likeness (QED) is 0.628. The van der Waals surface area contributed by atoms with Crippen molar-refractivity contribution in [3.05, 3.63) is 0 Å². The summed E-state index contributed by atoms with van der Waals surface area (Å²) in [5.41, 5.74) is 0. The maximum atomic E-state index is 5.48. The summed E-state index contributed by atoms with van der Waals surface area (Å²) >= 11 is 0. The lowest BCUT2D eigenvalue weighted by Gasteiger charge is -2.26. The van der Waals surface area contributed by atoms with E-state index in [1.165, 1.54) is 0 Å². The number of morpholine rings is 1. The molecular formula is C9H21NO. The van der Waals surface area contributed by atoms with Crippen LogP contribution in [0.15, 0.2) is 0 Å². The van der Waals surface area contributed by atoms with Crippen LogP contribution >= 0.6 is 0 Å².